The van der Waals surface area contributed by atoms with Crippen molar-refractivity contribution in [3.63, 3.8) is 0 Å². The fourth-order valence-corrected chi connectivity index (χ4v) is 5.91. The smallest absolute Gasteiger partial charge is 0.376 e. The summed E-state index contributed by atoms with van der Waals surface area (Å²) in [7, 11) is 0. The van der Waals surface area contributed by atoms with Crippen molar-refractivity contribution in [2.24, 2.45) is 0 Å². The molecular formula is C29H34N8O3. The predicted molar refractivity (Wildman–Crippen MR) is 152 cm³/mol. The number of hydrogen-bond acceptors (Lipinski definition) is 10. The van der Waals surface area contributed by atoms with Crippen LogP contribution in [0.4, 0.5) is 17.5 Å². The van der Waals surface area contributed by atoms with Crippen LogP contribution in [0.1, 0.15) is 55.0 Å². The second kappa shape index (κ2) is 10.5. The number of esters is 1. The summed E-state index contributed by atoms with van der Waals surface area (Å²) in [6.45, 7) is 8.00. The van der Waals surface area contributed by atoms with E-state index < -0.39 is 5.97 Å². The number of piperidine rings is 1. The lowest BCUT2D eigenvalue weighted by molar-refractivity contribution is 0.0512. The van der Waals surface area contributed by atoms with Gasteiger partial charge in [-0.1, -0.05) is 12.1 Å². The highest BCUT2D eigenvalue weighted by atomic mass is 16.5. The molecule has 3 fully saturated rings. The lowest BCUT2D eigenvalue weighted by Gasteiger charge is -2.36. The molecular weight excluding hydrogens is 508 g/mol. The number of carbonyl (C=O) groups is 1. The third-order valence-electron chi connectivity index (χ3n) is 8.09. The second-order valence-electron chi connectivity index (χ2n) is 10.6. The molecule has 11 heteroatoms. The molecule has 6 heterocycles. The molecule has 3 aliphatic rings. The quantitative estimate of drug-likeness (QED) is 0.336. The zero-order chi connectivity index (χ0) is 27.1. The lowest BCUT2D eigenvalue weighted by Crippen LogP contribution is -2.40. The van der Waals surface area contributed by atoms with Gasteiger partial charge in [0.15, 0.2) is 5.65 Å². The van der Waals surface area contributed by atoms with Crippen LogP contribution in [0.25, 0.3) is 16.6 Å². The molecule has 1 aromatic carbocycles. The van der Waals surface area contributed by atoms with E-state index in [1.165, 1.54) is 6.42 Å². The first kappa shape index (κ1) is 25.0. The highest BCUT2D eigenvalue weighted by molar-refractivity contribution is 5.94. The molecule has 208 valence electrons. The fourth-order valence-electron chi connectivity index (χ4n) is 5.91. The van der Waals surface area contributed by atoms with Gasteiger partial charge in [0.2, 0.25) is 5.82 Å². The highest BCUT2D eigenvalue weighted by Crippen LogP contribution is 2.38. The second-order valence-corrected chi connectivity index (χ2v) is 10.6. The van der Waals surface area contributed by atoms with Crippen LogP contribution in [0.5, 0.6) is 0 Å². The van der Waals surface area contributed by atoms with Crippen LogP contribution >= 0.6 is 0 Å². The Morgan fingerprint density at radius 3 is 2.62 bits per heavy atom. The van der Waals surface area contributed by atoms with E-state index in [-0.39, 0.29) is 18.5 Å². The molecule has 4 aromatic rings. The van der Waals surface area contributed by atoms with E-state index in [2.05, 4.69) is 31.8 Å². The third-order valence-corrected chi connectivity index (χ3v) is 8.09. The fraction of sp³-hybridized carbons (Fsp3) is 0.483. The number of carbonyl (C=O) groups excluding carboxylic acids is 1. The van der Waals surface area contributed by atoms with Gasteiger partial charge in [0.25, 0.3) is 0 Å². The van der Waals surface area contributed by atoms with E-state index >= 15 is 0 Å². The number of anilines is 3. The minimum atomic E-state index is -0.506. The zero-order valence-electron chi connectivity index (χ0n) is 22.8. The van der Waals surface area contributed by atoms with Crippen LogP contribution in [-0.4, -0.2) is 83.1 Å². The van der Waals surface area contributed by atoms with Crippen LogP contribution in [-0.2, 0) is 9.47 Å². The number of ether oxygens (including phenoxy) is 2. The summed E-state index contributed by atoms with van der Waals surface area (Å²) in [5.41, 5.74) is 2.54. The van der Waals surface area contributed by atoms with Crippen LogP contribution in [0.15, 0.2) is 36.4 Å². The van der Waals surface area contributed by atoms with E-state index in [1.54, 1.807) is 6.92 Å². The highest BCUT2D eigenvalue weighted by Gasteiger charge is 2.31. The molecule has 3 saturated heterocycles. The van der Waals surface area contributed by atoms with Crippen molar-refractivity contribution in [3.8, 4) is 0 Å². The van der Waals surface area contributed by atoms with Crippen molar-refractivity contribution >= 4 is 40.0 Å². The molecule has 0 radical (unpaired) electrons. The normalized spacial score (nSPS) is 19.7. The van der Waals surface area contributed by atoms with Crippen LogP contribution in [0.3, 0.4) is 0 Å². The number of morpholine rings is 1. The van der Waals surface area contributed by atoms with Gasteiger partial charge in [-0.05, 0) is 44.7 Å². The van der Waals surface area contributed by atoms with E-state index in [0.717, 1.165) is 91.7 Å². The molecule has 0 spiro atoms. The van der Waals surface area contributed by atoms with E-state index in [9.17, 15) is 4.79 Å². The summed E-state index contributed by atoms with van der Waals surface area (Å²) < 4.78 is 12.9. The van der Waals surface area contributed by atoms with Gasteiger partial charge in [0, 0.05) is 50.2 Å². The number of rotatable bonds is 6. The van der Waals surface area contributed by atoms with Gasteiger partial charge < -0.3 is 24.2 Å². The minimum absolute atomic E-state index is 0.00574. The van der Waals surface area contributed by atoms with E-state index in [0.29, 0.717) is 13.2 Å². The molecule has 0 aliphatic carbocycles. The summed E-state index contributed by atoms with van der Waals surface area (Å²) in [6.07, 6.45) is 4.25. The summed E-state index contributed by atoms with van der Waals surface area (Å²) in [4.78, 5) is 34.0. The van der Waals surface area contributed by atoms with Crippen molar-refractivity contribution in [1.82, 2.24) is 24.6 Å². The zero-order valence-corrected chi connectivity index (χ0v) is 22.8. The van der Waals surface area contributed by atoms with Gasteiger partial charge in [0.1, 0.15) is 17.5 Å². The summed E-state index contributed by atoms with van der Waals surface area (Å²) in [5, 5.41) is 6.09. The topological polar surface area (TPSA) is 101 Å². The van der Waals surface area contributed by atoms with Gasteiger partial charge >= 0.3 is 5.97 Å². The molecule has 0 N–H and O–H groups in total. The molecule has 0 bridgehead atoms. The van der Waals surface area contributed by atoms with Crippen molar-refractivity contribution in [2.45, 2.75) is 38.6 Å². The first-order valence-electron chi connectivity index (χ1n) is 14.4. The maximum Gasteiger partial charge on any atom is 0.376 e. The molecule has 3 aromatic heterocycles. The Hall–Kier alpha value is -3.99. The molecule has 3 aliphatic heterocycles. The lowest BCUT2D eigenvalue weighted by atomic mass is 9.98. The number of aromatic nitrogens is 5. The average molecular weight is 543 g/mol. The minimum Gasteiger partial charge on any atom is -0.460 e. The van der Waals surface area contributed by atoms with Gasteiger partial charge in [0.05, 0.1) is 37.1 Å². The van der Waals surface area contributed by atoms with Crippen LogP contribution in [0, 0.1) is 0 Å². The number of para-hydroxylation sites is 1. The van der Waals surface area contributed by atoms with E-state index in [4.69, 9.17) is 24.5 Å². The average Bonchev–Trinajstić information content (AvgIpc) is 3.40. The number of nitrogens with zero attached hydrogens (tertiary/aromatic N) is 8. The summed E-state index contributed by atoms with van der Waals surface area (Å²) >= 11 is 0. The Bertz CT molecular complexity index is 1550. The van der Waals surface area contributed by atoms with Crippen molar-refractivity contribution in [3.05, 3.63) is 47.9 Å². The number of benzene rings is 1. The number of hydrogen-bond donors (Lipinski definition) is 0. The first-order valence-corrected chi connectivity index (χ1v) is 14.4. The van der Waals surface area contributed by atoms with Crippen molar-refractivity contribution in [1.29, 1.82) is 0 Å². The maximum atomic E-state index is 12.7. The maximum absolute atomic E-state index is 12.7. The molecule has 7 rings (SSSR count). The van der Waals surface area contributed by atoms with Crippen LogP contribution < -0.4 is 14.7 Å². The molecule has 0 saturated carbocycles. The molecule has 1 atom stereocenters. The monoisotopic (exact) mass is 542 g/mol. The van der Waals surface area contributed by atoms with Gasteiger partial charge in [-0.2, -0.15) is 9.61 Å². The Morgan fingerprint density at radius 1 is 0.975 bits per heavy atom. The van der Waals surface area contributed by atoms with Crippen molar-refractivity contribution in [2.75, 3.05) is 67.2 Å². The summed E-state index contributed by atoms with van der Waals surface area (Å²) in [5.74, 6) is 2.39. The molecule has 11 nitrogen and oxygen atoms in total. The molecule has 1 unspecified atom stereocenters. The van der Waals surface area contributed by atoms with Crippen molar-refractivity contribution < 1.29 is 14.3 Å². The molecule has 40 heavy (non-hydrogen) atoms. The Labute approximate surface area is 232 Å². The third kappa shape index (κ3) is 4.47. The van der Waals surface area contributed by atoms with Gasteiger partial charge in [-0.15, -0.1) is 0 Å². The summed E-state index contributed by atoms with van der Waals surface area (Å²) in [6, 6.07) is 12.2. The van der Waals surface area contributed by atoms with Crippen LogP contribution in [0.2, 0.25) is 0 Å². The SMILES string of the molecule is CCOC(=O)c1nc(N2CCCCC2c2cc3nc(N4CCC4)cc(N4CCOCC4)n3n2)c2ccccc2n1. The number of fused-ring (bicyclic) bond motifs is 2. The Kier molecular flexibility index (Phi) is 6.58. The van der Waals surface area contributed by atoms with Gasteiger partial charge in [-0.25, -0.2) is 19.7 Å². The van der Waals surface area contributed by atoms with Gasteiger partial charge in [-0.3, -0.25) is 0 Å². The van der Waals surface area contributed by atoms with E-state index in [1.807, 2.05) is 28.8 Å². The molecule has 0 amide bonds. The Balaban J connectivity index is 1.33. The standard InChI is InChI=1S/C29H34N8O3/c1-2-40-29(38)27-30-21-9-4-3-8-20(21)28(32-27)36-13-6-5-10-23(36)22-18-25-31-24(34-11-7-12-34)19-26(37(25)33-22)35-14-16-39-17-15-35/h3-4,8-9,18-19,23H,2,5-7,10-17H2,1H3. The first-order chi connectivity index (χ1) is 19.7. The Morgan fingerprint density at radius 2 is 1.82 bits per heavy atom. The predicted octanol–water partition coefficient (Wildman–Crippen LogP) is 3.63. The largest absolute Gasteiger partial charge is 0.460 e.